The number of carbonyl (C=O) groups is 1. The Labute approximate surface area is 126 Å². The third kappa shape index (κ3) is 2.47. The lowest BCUT2D eigenvalue weighted by molar-refractivity contribution is 0.0571. The third-order valence-electron chi connectivity index (χ3n) is 4.08. The van der Waals surface area contributed by atoms with Crippen LogP contribution in [0.3, 0.4) is 0 Å². The van der Waals surface area contributed by atoms with Gasteiger partial charge in [0.05, 0.1) is 0 Å². The second-order valence-corrected chi connectivity index (χ2v) is 6.42. The van der Waals surface area contributed by atoms with E-state index in [0.29, 0.717) is 24.0 Å². The van der Waals surface area contributed by atoms with Crippen LogP contribution in [0.4, 0.5) is 0 Å². The van der Waals surface area contributed by atoms with E-state index in [4.69, 9.17) is 5.73 Å². The first-order valence-electron chi connectivity index (χ1n) is 7.07. The van der Waals surface area contributed by atoms with Gasteiger partial charge in [-0.25, -0.2) is 4.98 Å². The molecular weight excluding hydrogens is 288 g/mol. The zero-order chi connectivity index (χ0) is 15.0. The van der Waals surface area contributed by atoms with Crippen molar-refractivity contribution in [1.82, 2.24) is 14.3 Å². The highest BCUT2D eigenvalue weighted by molar-refractivity contribution is 7.15. The van der Waals surface area contributed by atoms with Crippen molar-refractivity contribution < 1.29 is 4.79 Å². The maximum absolute atomic E-state index is 12.7. The van der Waals surface area contributed by atoms with Gasteiger partial charge in [-0.2, -0.15) is 0 Å². The number of piperidine rings is 1. The molecule has 2 N–H and O–H groups in total. The predicted octanol–water partition coefficient (Wildman–Crippen LogP) is 0.955. The summed E-state index contributed by atoms with van der Waals surface area (Å²) in [6, 6.07) is 0.00354. The van der Waals surface area contributed by atoms with E-state index in [2.05, 4.69) is 11.9 Å². The topological polar surface area (TPSA) is 80.7 Å². The van der Waals surface area contributed by atoms with Crippen LogP contribution in [0.5, 0.6) is 0 Å². The van der Waals surface area contributed by atoms with Crippen molar-refractivity contribution in [2.24, 2.45) is 11.7 Å². The van der Waals surface area contributed by atoms with Crippen LogP contribution < -0.4 is 11.3 Å². The molecule has 0 saturated carbocycles. The van der Waals surface area contributed by atoms with Gasteiger partial charge >= 0.3 is 0 Å². The first kappa shape index (κ1) is 14.2. The molecule has 0 aliphatic carbocycles. The van der Waals surface area contributed by atoms with Crippen LogP contribution in [0.15, 0.2) is 22.6 Å². The third-order valence-corrected chi connectivity index (χ3v) is 4.85. The Bertz CT molecular complexity index is 723. The maximum atomic E-state index is 12.7. The number of aromatic nitrogens is 2. The number of hydrogen-bond acceptors (Lipinski definition) is 5. The van der Waals surface area contributed by atoms with Crippen LogP contribution in [0.1, 0.15) is 30.1 Å². The lowest BCUT2D eigenvalue weighted by atomic mass is 9.92. The Kier molecular flexibility index (Phi) is 3.77. The van der Waals surface area contributed by atoms with E-state index < -0.39 is 0 Å². The van der Waals surface area contributed by atoms with Crippen molar-refractivity contribution in [1.29, 1.82) is 0 Å². The SMILES string of the molecule is CC1CCN(C(=O)c2cnc3sccn3c2=O)C(CN)C1. The Morgan fingerprint density at radius 1 is 1.57 bits per heavy atom. The zero-order valence-corrected chi connectivity index (χ0v) is 12.7. The van der Waals surface area contributed by atoms with Crippen molar-refractivity contribution in [2.45, 2.75) is 25.8 Å². The molecule has 1 aliphatic rings. The molecule has 1 saturated heterocycles. The molecule has 112 valence electrons. The van der Waals surface area contributed by atoms with Gasteiger partial charge in [0.2, 0.25) is 0 Å². The summed E-state index contributed by atoms with van der Waals surface area (Å²) >= 11 is 1.37. The van der Waals surface area contributed by atoms with Crippen LogP contribution in [-0.2, 0) is 0 Å². The van der Waals surface area contributed by atoms with Crippen LogP contribution >= 0.6 is 11.3 Å². The fraction of sp³-hybridized carbons (Fsp3) is 0.500. The second kappa shape index (κ2) is 5.57. The molecule has 3 rings (SSSR count). The summed E-state index contributed by atoms with van der Waals surface area (Å²) < 4.78 is 1.42. The number of nitrogens with two attached hydrogens (primary N) is 1. The lowest BCUT2D eigenvalue weighted by Gasteiger charge is -2.37. The lowest BCUT2D eigenvalue weighted by Crippen LogP contribution is -2.50. The summed E-state index contributed by atoms with van der Waals surface area (Å²) in [6.07, 6.45) is 4.86. The van der Waals surface area contributed by atoms with Gasteiger partial charge in [0.25, 0.3) is 11.5 Å². The first-order chi connectivity index (χ1) is 10.1. The monoisotopic (exact) mass is 306 g/mol. The highest BCUT2D eigenvalue weighted by Crippen LogP contribution is 2.23. The molecule has 0 radical (unpaired) electrons. The smallest absolute Gasteiger partial charge is 0.271 e. The van der Waals surface area contributed by atoms with E-state index in [9.17, 15) is 9.59 Å². The fourth-order valence-corrected chi connectivity index (χ4v) is 3.54. The quantitative estimate of drug-likeness (QED) is 0.896. The summed E-state index contributed by atoms with van der Waals surface area (Å²) in [7, 11) is 0. The molecule has 3 heterocycles. The minimum absolute atomic E-state index is 0.00354. The minimum Gasteiger partial charge on any atom is -0.334 e. The number of likely N-dealkylation sites (tertiary alicyclic amines) is 1. The largest absolute Gasteiger partial charge is 0.334 e. The van der Waals surface area contributed by atoms with Crippen LogP contribution in [0.2, 0.25) is 0 Å². The number of amides is 1. The number of hydrogen-bond donors (Lipinski definition) is 1. The summed E-state index contributed by atoms with van der Waals surface area (Å²) in [6.45, 7) is 3.23. The van der Waals surface area contributed by atoms with Gasteiger partial charge in [0.15, 0.2) is 4.96 Å². The normalized spacial score (nSPS) is 22.7. The van der Waals surface area contributed by atoms with Gasteiger partial charge in [0.1, 0.15) is 5.56 Å². The standard InChI is InChI=1S/C14H18N4O2S/c1-9-2-3-17(10(6-9)7-15)12(19)11-8-16-14-18(13(11)20)4-5-21-14/h4-5,8-10H,2-3,6-7,15H2,1H3. The molecule has 7 heteroatoms. The Morgan fingerprint density at radius 3 is 3.14 bits per heavy atom. The zero-order valence-electron chi connectivity index (χ0n) is 11.9. The maximum Gasteiger partial charge on any atom is 0.271 e. The molecule has 2 unspecified atom stereocenters. The number of carbonyl (C=O) groups excluding carboxylic acids is 1. The van der Waals surface area contributed by atoms with Crippen LogP contribution in [0.25, 0.3) is 4.96 Å². The molecule has 2 aromatic rings. The number of fused-ring (bicyclic) bond motifs is 1. The highest BCUT2D eigenvalue weighted by atomic mass is 32.1. The van der Waals surface area contributed by atoms with Crippen LogP contribution in [0, 0.1) is 5.92 Å². The molecule has 1 fully saturated rings. The van der Waals surface area contributed by atoms with E-state index in [-0.39, 0.29) is 23.1 Å². The average Bonchev–Trinajstić information content (AvgIpc) is 2.96. The molecule has 21 heavy (non-hydrogen) atoms. The van der Waals surface area contributed by atoms with E-state index >= 15 is 0 Å². The van der Waals surface area contributed by atoms with Crippen molar-refractivity contribution in [3.8, 4) is 0 Å². The average molecular weight is 306 g/mol. The summed E-state index contributed by atoms with van der Waals surface area (Å²) in [4.78, 5) is 31.6. The Hall–Kier alpha value is -1.73. The molecule has 0 bridgehead atoms. The first-order valence-corrected chi connectivity index (χ1v) is 7.95. The Morgan fingerprint density at radius 2 is 2.38 bits per heavy atom. The van der Waals surface area contributed by atoms with Gasteiger partial charge in [-0.15, -0.1) is 11.3 Å². The van der Waals surface area contributed by atoms with Crippen molar-refractivity contribution in [2.75, 3.05) is 13.1 Å². The van der Waals surface area contributed by atoms with E-state index in [0.717, 1.165) is 12.8 Å². The summed E-state index contributed by atoms with van der Waals surface area (Å²) in [5.41, 5.74) is 5.61. The number of rotatable bonds is 2. The van der Waals surface area contributed by atoms with Gasteiger partial charge in [-0.05, 0) is 18.8 Å². The molecule has 2 aromatic heterocycles. The van der Waals surface area contributed by atoms with Crippen molar-refractivity contribution in [3.63, 3.8) is 0 Å². The minimum atomic E-state index is -0.305. The highest BCUT2D eigenvalue weighted by Gasteiger charge is 2.31. The second-order valence-electron chi connectivity index (χ2n) is 5.55. The van der Waals surface area contributed by atoms with Gasteiger partial charge in [-0.1, -0.05) is 6.92 Å². The molecule has 0 aromatic carbocycles. The van der Waals surface area contributed by atoms with Crippen LogP contribution in [-0.4, -0.2) is 39.3 Å². The molecule has 1 amide bonds. The fourth-order valence-electron chi connectivity index (χ4n) is 2.87. The van der Waals surface area contributed by atoms with E-state index in [1.165, 1.54) is 21.9 Å². The predicted molar refractivity (Wildman–Crippen MR) is 81.6 cm³/mol. The molecule has 0 spiro atoms. The van der Waals surface area contributed by atoms with E-state index in [1.54, 1.807) is 16.5 Å². The molecule has 6 nitrogen and oxygen atoms in total. The summed E-state index contributed by atoms with van der Waals surface area (Å²) in [5, 5.41) is 1.78. The Balaban J connectivity index is 1.96. The van der Waals surface area contributed by atoms with Gasteiger partial charge < -0.3 is 10.6 Å². The van der Waals surface area contributed by atoms with E-state index in [1.807, 2.05) is 0 Å². The molecule has 2 atom stereocenters. The summed E-state index contributed by atoms with van der Waals surface area (Å²) in [5.74, 6) is 0.302. The number of thiazole rings is 1. The van der Waals surface area contributed by atoms with Crippen molar-refractivity contribution in [3.05, 3.63) is 33.7 Å². The van der Waals surface area contributed by atoms with Crippen molar-refractivity contribution >= 4 is 22.2 Å². The van der Waals surface area contributed by atoms with Gasteiger partial charge in [0, 0.05) is 36.9 Å². The molecule has 1 aliphatic heterocycles. The van der Waals surface area contributed by atoms with Gasteiger partial charge in [-0.3, -0.25) is 14.0 Å². The molecular formula is C14H18N4O2S. The number of nitrogens with zero attached hydrogens (tertiary/aromatic N) is 3.